The van der Waals surface area contributed by atoms with Crippen molar-refractivity contribution in [2.75, 3.05) is 51.3 Å². The van der Waals surface area contributed by atoms with Crippen molar-refractivity contribution < 1.29 is 9.38 Å². The minimum Gasteiger partial charge on any atom is -0.633 e. The number of hydrogen-bond donors (Lipinski definition) is 0. The summed E-state index contributed by atoms with van der Waals surface area (Å²) < 4.78 is 7.61. The molecule has 1 aromatic heterocycles. The summed E-state index contributed by atoms with van der Waals surface area (Å²) in [5.41, 5.74) is 2.13. The van der Waals surface area contributed by atoms with Crippen LogP contribution in [0.3, 0.4) is 0 Å². The van der Waals surface area contributed by atoms with Gasteiger partial charge < -0.3 is 24.1 Å². The fraction of sp³-hybridized carbons (Fsp3) is 0.588. The molecule has 1 saturated heterocycles. The standard InChI is InChI=1S/C17H26N4O2.ClH/c1-3-23-14-11-20-16-8-5-4-7-15(16)18-17(20)19-9-6-12-21(2,22)13-10-19;/h4-5,7-8H,3,6,9-14H2,1-2H3;1H. The maximum atomic E-state index is 12.3. The van der Waals surface area contributed by atoms with Crippen LogP contribution < -0.4 is 4.90 Å². The highest BCUT2D eigenvalue weighted by atomic mass is 35.5. The lowest BCUT2D eigenvalue weighted by molar-refractivity contribution is -0.858. The van der Waals surface area contributed by atoms with Crippen LogP contribution >= 0.6 is 12.4 Å². The van der Waals surface area contributed by atoms with Gasteiger partial charge in [0.1, 0.15) is 0 Å². The molecule has 1 aliphatic heterocycles. The lowest BCUT2D eigenvalue weighted by atomic mass is 10.3. The molecular formula is C17H27ClN4O2. The third-order valence-electron chi connectivity index (χ3n) is 4.48. The molecule has 0 aliphatic carbocycles. The average Bonchev–Trinajstić information content (AvgIpc) is 2.79. The van der Waals surface area contributed by atoms with E-state index in [1.807, 2.05) is 25.1 Å². The van der Waals surface area contributed by atoms with Gasteiger partial charge in [0.05, 0.1) is 44.3 Å². The second kappa shape index (κ2) is 8.16. The predicted molar refractivity (Wildman–Crippen MR) is 99.6 cm³/mol. The number of rotatable bonds is 5. The molecule has 2 heterocycles. The summed E-state index contributed by atoms with van der Waals surface area (Å²) in [5, 5.41) is 12.3. The van der Waals surface area contributed by atoms with Crippen molar-refractivity contribution in [2.45, 2.75) is 19.9 Å². The average molecular weight is 355 g/mol. The maximum absolute atomic E-state index is 12.3. The molecule has 134 valence electrons. The molecule has 6 nitrogen and oxygen atoms in total. The van der Waals surface area contributed by atoms with E-state index in [0.717, 1.165) is 49.6 Å². The van der Waals surface area contributed by atoms with Crippen LogP contribution in [0.5, 0.6) is 0 Å². The number of aromatic nitrogens is 2. The number of halogens is 1. The van der Waals surface area contributed by atoms with Crippen molar-refractivity contribution in [3.8, 4) is 0 Å². The fourth-order valence-corrected chi connectivity index (χ4v) is 3.18. The minimum absolute atomic E-state index is 0. The molecule has 0 spiro atoms. The molecule has 0 radical (unpaired) electrons. The number of likely N-dealkylation sites (N-methyl/N-ethyl adjacent to an activating group) is 1. The van der Waals surface area contributed by atoms with Gasteiger partial charge in [-0.2, -0.15) is 0 Å². The largest absolute Gasteiger partial charge is 0.633 e. The van der Waals surface area contributed by atoms with E-state index in [9.17, 15) is 5.21 Å². The van der Waals surface area contributed by atoms with E-state index in [-0.39, 0.29) is 17.1 Å². The second-order valence-corrected chi connectivity index (χ2v) is 6.33. The highest BCUT2D eigenvalue weighted by molar-refractivity contribution is 5.85. The van der Waals surface area contributed by atoms with Crippen molar-refractivity contribution in [1.82, 2.24) is 9.55 Å². The van der Waals surface area contributed by atoms with Crippen LogP contribution in [0, 0.1) is 5.21 Å². The Morgan fingerprint density at radius 2 is 2.04 bits per heavy atom. The van der Waals surface area contributed by atoms with Gasteiger partial charge in [0.25, 0.3) is 0 Å². The third-order valence-corrected chi connectivity index (χ3v) is 4.48. The Kier molecular flexibility index (Phi) is 6.46. The van der Waals surface area contributed by atoms with E-state index in [0.29, 0.717) is 19.7 Å². The number of imidazole rings is 1. The topological polar surface area (TPSA) is 53.3 Å². The summed E-state index contributed by atoms with van der Waals surface area (Å²) in [6.07, 6.45) is 0.897. The lowest BCUT2D eigenvalue weighted by Crippen LogP contribution is -2.41. The zero-order valence-corrected chi connectivity index (χ0v) is 15.3. The van der Waals surface area contributed by atoms with Crippen LogP contribution in [-0.2, 0) is 11.3 Å². The van der Waals surface area contributed by atoms with Crippen LogP contribution in [0.2, 0.25) is 0 Å². The SMILES string of the molecule is CCOCCn1c(N2CCC[N+](C)([O-])CC2)nc2ccccc21.Cl. The van der Waals surface area contributed by atoms with Crippen molar-refractivity contribution in [3.63, 3.8) is 0 Å². The van der Waals surface area contributed by atoms with Crippen molar-refractivity contribution >= 4 is 29.4 Å². The Balaban J connectivity index is 0.00000208. The first-order valence-electron chi connectivity index (χ1n) is 8.44. The van der Waals surface area contributed by atoms with Gasteiger partial charge in [-0.05, 0) is 19.1 Å². The van der Waals surface area contributed by atoms with Crippen molar-refractivity contribution in [3.05, 3.63) is 29.5 Å². The van der Waals surface area contributed by atoms with E-state index in [2.05, 4.69) is 15.5 Å². The van der Waals surface area contributed by atoms with Gasteiger partial charge in [-0.3, -0.25) is 0 Å². The Bertz CT molecular complexity index is 659. The van der Waals surface area contributed by atoms with Crippen LogP contribution in [-0.4, -0.2) is 60.6 Å². The number of nitrogens with zero attached hydrogens (tertiary/aromatic N) is 4. The molecular weight excluding hydrogens is 328 g/mol. The van der Waals surface area contributed by atoms with E-state index in [4.69, 9.17) is 9.72 Å². The number of ether oxygens (including phenoxy) is 1. The Labute approximate surface area is 149 Å². The summed E-state index contributed by atoms with van der Waals surface area (Å²) in [4.78, 5) is 7.09. The lowest BCUT2D eigenvalue weighted by Gasteiger charge is -2.37. The monoisotopic (exact) mass is 354 g/mol. The molecule has 24 heavy (non-hydrogen) atoms. The van der Waals surface area contributed by atoms with E-state index in [1.165, 1.54) is 0 Å². The summed E-state index contributed by atoms with van der Waals surface area (Å²) in [6.45, 7) is 7.10. The molecule has 1 aliphatic rings. The molecule has 1 atom stereocenters. The molecule has 1 aromatic carbocycles. The van der Waals surface area contributed by atoms with E-state index in [1.54, 1.807) is 7.05 Å². The number of hydroxylamine groups is 3. The van der Waals surface area contributed by atoms with Gasteiger partial charge in [0.2, 0.25) is 5.95 Å². The molecule has 0 amide bonds. The molecule has 0 bridgehead atoms. The first-order valence-corrected chi connectivity index (χ1v) is 8.44. The number of quaternary nitrogens is 1. The number of para-hydroxylation sites is 2. The smallest absolute Gasteiger partial charge is 0.206 e. The number of anilines is 1. The molecule has 2 aromatic rings. The highest BCUT2D eigenvalue weighted by Gasteiger charge is 2.23. The summed E-state index contributed by atoms with van der Waals surface area (Å²) in [7, 11) is 1.77. The number of benzene rings is 1. The minimum atomic E-state index is -0.157. The maximum Gasteiger partial charge on any atom is 0.206 e. The zero-order chi connectivity index (χ0) is 16.3. The normalized spacial score (nSPS) is 21.5. The zero-order valence-electron chi connectivity index (χ0n) is 14.5. The molecule has 1 fully saturated rings. The van der Waals surface area contributed by atoms with Gasteiger partial charge in [0.15, 0.2) is 0 Å². The summed E-state index contributed by atoms with van der Waals surface area (Å²) in [6, 6.07) is 8.20. The first-order chi connectivity index (χ1) is 11.1. The third kappa shape index (κ3) is 4.19. The first kappa shape index (κ1) is 19.0. The Hall–Kier alpha value is -1.34. The Morgan fingerprint density at radius 1 is 1.25 bits per heavy atom. The second-order valence-electron chi connectivity index (χ2n) is 6.33. The van der Waals surface area contributed by atoms with Gasteiger partial charge in [-0.1, -0.05) is 12.1 Å². The van der Waals surface area contributed by atoms with Gasteiger partial charge in [-0.25, -0.2) is 4.98 Å². The Morgan fingerprint density at radius 3 is 2.83 bits per heavy atom. The number of fused-ring (bicyclic) bond motifs is 1. The number of hydrogen-bond acceptors (Lipinski definition) is 4. The molecule has 0 N–H and O–H groups in total. The molecule has 7 heteroatoms. The fourth-order valence-electron chi connectivity index (χ4n) is 3.18. The highest BCUT2D eigenvalue weighted by Crippen LogP contribution is 2.24. The molecule has 1 unspecified atom stereocenters. The van der Waals surface area contributed by atoms with Gasteiger partial charge >= 0.3 is 0 Å². The summed E-state index contributed by atoms with van der Waals surface area (Å²) in [5.74, 6) is 0.966. The van der Waals surface area contributed by atoms with Crippen molar-refractivity contribution in [2.24, 2.45) is 0 Å². The molecule has 0 saturated carbocycles. The van der Waals surface area contributed by atoms with Crippen molar-refractivity contribution in [1.29, 1.82) is 0 Å². The predicted octanol–water partition coefficient (Wildman–Crippen LogP) is 2.65. The van der Waals surface area contributed by atoms with Crippen LogP contribution in [0.15, 0.2) is 24.3 Å². The van der Waals surface area contributed by atoms with Crippen LogP contribution in [0.4, 0.5) is 5.95 Å². The van der Waals surface area contributed by atoms with E-state index < -0.39 is 0 Å². The van der Waals surface area contributed by atoms with Gasteiger partial charge in [0, 0.05) is 26.1 Å². The molecule has 3 rings (SSSR count). The van der Waals surface area contributed by atoms with Crippen LogP contribution in [0.25, 0.3) is 11.0 Å². The summed E-state index contributed by atoms with van der Waals surface area (Å²) >= 11 is 0. The van der Waals surface area contributed by atoms with Crippen LogP contribution in [0.1, 0.15) is 13.3 Å². The van der Waals surface area contributed by atoms with Gasteiger partial charge in [-0.15, -0.1) is 12.4 Å². The van der Waals surface area contributed by atoms with E-state index >= 15 is 0 Å². The quantitative estimate of drug-likeness (QED) is 0.470.